The molecule has 0 saturated carbocycles. The molecule has 0 radical (unpaired) electrons. The second-order valence-corrected chi connectivity index (χ2v) is 7.85. The number of ether oxygens (including phenoxy) is 1. The molecule has 0 aromatic heterocycles. The molecule has 0 spiro atoms. The molecule has 1 N–H and O–H groups in total. The van der Waals surface area contributed by atoms with E-state index in [0.29, 0.717) is 19.2 Å². The summed E-state index contributed by atoms with van der Waals surface area (Å²) < 4.78 is 5.53. The van der Waals surface area contributed by atoms with Gasteiger partial charge in [-0.05, 0) is 44.2 Å². The van der Waals surface area contributed by atoms with Crippen LogP contribution in [-0.4, -0.2) is 72.9 Å². The van der Waals surface area contributed by atoms with Gasteiger partial charge in [-0.2, -0.15) is 0 Å². The smallest absolute Gasteiger partial charge is 0.313 e. The summed E-state index contributed by atoms with van der Waals surface area (Å²) in [6.07, 6.45) is 3.25. The number of fused-ring (bicyclic) bond motifs is 1. The number of carbonyl (C=O) groups is 1. The van der Waals surface area contributed by atoms with Gasteiger partial charge in [0.25, 0.3) is 0 Å². The molecule has 3 aliphatic heterocycles. The number of carboxylic acid groups (broad SMARTS) is 1. The molecule has 0 unspecified atom stereocenters. The fourth-order valence-electron chi connectivity index (χ4n) is 4.59. The molecular formula is C17H30N2O3. The van der Waals surface area contributed by atoms with Crippen molar-refractivity contribution in [3.63, 3.8) is 0 Å². The lowest BCUT2D eigenvalue weighted by molar-refractivity contribution is -0.160. The van der Waals surface area contributed by atoms with Crippen LogP contribution in [0.5, 0.6) is 0 Å². The largest absolute Gasteiger partial charge is 0.481 e. The van der Waals surface area contributed by atoms with Gasteiger partial charge in [0, 0.05) is 32.3 Å². The fourth-order valence-corrected chi connectivity index (χ4v) is 4.59. The first-order valence-corrected chi connectivity index (χ1v) is 8.79. The van der Waals surface area contributed by atoms with Gasteiger partial charge in [0.05, 0.1) is 6.61 Å². The molecule has 22 heavy (non-hydrogen) atoms. The molecular weight excluding hydrogens is 280 g/mol. The van der Waals surface area contributed by atoms with Crippen molar-refractivity contribution in [1.29, 1.82) is 0 Å². The summed E-state index contributed by atoms with van der Waals surface area (Å²) in [5, 5.41) is 9.74. The lowest BCUT2D eigenvalue weighted by Crippen LogP contribution is -2.48. The Hall–Kier alpha value is -0.650. The van der Waals surface area contributed by atoms with Crippen molar-refractivity contribution < 1.29 is 14.6 Å². The summed E-state index contributed by atoms with van der Waals surface area (Å²) in [6.45, 7) is 10.8. The maximum absolute atomic E-state index is 11.8. The minimum Gasteiger partial charge on any atom is -0.481 e. The highest BCUT2D eigenvalue weighted by Gasteiger charge is 2.55. The first-order valence-electron chi connectivity index (χ1n) is 8.79. The van der Waals surface area contributed by atoms with Crippen molar-refractivity contribution in [3.8, 4) is 0 Å². The Balaban J connectivity index is 1.59. The summed E-state index contributed by atoms with van der Waals surface area (Å²) in [5.41, 5.74) is -0.646. The van der Waals surface area contributed by atoms with E-state index in [1.54, 1.807) is 0 Å². The van der Waals surface area contributed by atoms with E-state index in [1.807, 2.05) is 0 Å². The molecule has 3 rings (SSSR count). The van der Waals surface area contributed by atoms with E-state index in [1.165, 1.54) is 19.4 Å². The summed E-state index contributed by atoms with van der Waals surface area (Å²) >= 11 is 0. The minimum absolute atomic E-state index is 0.271. The van der Waals surface area contributed by atoms with Gasteiger partial charge in [-0.15, -0.1) is 0 Å². The normalized spacial score (nSPS) is 35.0. The van der Waals surface area contributed by atoms with E-state index >= 15 is 0 Å². The van der Waals surface area contributed by atoms with Gasteiger partial charge < -0.3 is 14.7 Å². The van der Waals surface area contributed by atoms with E-state index < -0.39 is 11.4 Å². The molecule has 5 nitrogen and oxygen atoms in total. The molecule has 2 atom stereocenters. The van der Waals surface area contributed by atoms with Gasteiger partial charge in [0.15, 0.2) is 0 Å². The molecule has 3 saturated heterocycles. The zero-order chi connectivity index (χ0) is 15.7. The molecule has 3 aliphatic rings. The number of nitrogens with zero attached hydrogens (tertiary/aromatic N) is 2. The Morgan fingerprint density at radius 1 is 1.32 bits per heavy atom. The molecule has 5 heteroatoms. The van der Waals surface area contributed by atoms with Gasteiger partial charge >= 0.3 is 5.97 Å². The van der Waals surface area contributed by atoms with Crippen molar-refractivity contribution in [2.75, 3.05) is 45.9 Å². The predicted molar refractivity (Wildman–Crippen MR) is 84.9 cm³/mol. The van der Waals surface area contributed by atoms with Crippen molar-refractivity contribution in [1.82, 2.24) is 9.80 Å². The van der Waals surface area contributed by atoms with Crippen LogP contribution in [0, 0.1) is 17.3 Å². The molecule has 126 valence electrons. The number of rotatable bonds is 4. The highest BCUT2D eigenvalue weighted by Crippen LogP contribution is 2.43. The Bertz CT molecular complexity index is 407. The quantitative estimate of drug-likeness (QED) is 0.853. The lowest BCUT2D eigenvalue weighted by atomic mass is 9.76. The third-order valence-electron chi connectivity index (χ3n) is 5.81. The van der Waals surface area contributed by atoms with Crippen molar-refractivity contribution in [2.45, 2.75) is 39.2 Å². The van der Waals surface area contributed by atoms with Gasteiger partial charge in [0.2, 0.25) is 0 Å². The molecule has 0 bridgehead atoms. The molecule has 0 amide bonds. The monoisotopic (exact) mass is 310 g/mol. The van der Waals surface area contributed by atoms with Crippen LogP contribution in [0.4, 0.5) is 0 Å². The van der Waals surface area contributed by atoms with Crippen LogP contribution >= 0.6 is 0 Å². The van der Waals surface area contributed by atoms with Crippen LogP contribution in [-0.2, 0) is 9.53 Å². The minimum atomic E-state index is -0.656. The van der Waals surface area contributed by atoms with Crippen LogP contribution in [0.2, 0.25) is 0 Å². The van der Waals surface area contributed by atoms with Crippen molar-refractivity contribution >= 4 is 5.97 Å². The van der Waals surface area contributed by atoms with Crippen LogP contribution < -0.4 is 0 Å². The number of piperidine rings is 1. The molecule has 0 aromatic rings. The van der Waals surface area contributed by atoms with Crippen LogP contribution in [0.25, 0.3) is 0 Å². The zero-order valence-corrected chi connectivity index (χ0v) is 14.0. The first kappa shape index (κ1) is 16.2. The van der Waals surface area contributed by atoms with E-state index in [0.717, 1.165) is 38.6 Å². The number of likely N-dealkylation sites (tertiary alicyclic amines) is 2. The van der Waals surface area contributed by atoms with E-state index in [2.05, 4.69) is 23.6 Å². The summed E-state index contributed by atoms with van der Waals surface area (Å²) in [6, 6.07) is 0.560. The summed E-state index contributed by atoms with van der Waals surface area (Å²) in [4.78, 5) is 16.9. The lowest BCUT2D eigenvalue weighted by Gasteiger charge is -2.38. The maximum Gasteiger partial charge on any atom is 0.313 e. The molecule has 3 fully saturated rings. The number of aliphatic carboxylic acids is 1. The third kappa shape index (κ3) is 3.03. The topological polar surface area (TPSA) is 53.0 Å². The van der Waals surface area contributed by atoms with E-state index in [4.69, 9.17) is 4.74 Å². The SMILES string of the molecule is CC(C)CN1CCC(N2C[C@@H]3CCOC[C@]3(C(=O)O)C2)CC1. The zero-order valence-electron chi connectivity index (χ0n) is 14.0. The molecule has 0 aliphatic carbocycles. The highest BCUT2D eigenvalue weighted by molar-refractivity contribution is 5.76. The standard InChI is InChI=1S/C17H30N2O3/c1-13(2)9-18-6-3-15(4-7-18)19-10-14-5-8-22-12-17(14,11-19)16(20)21/h13-15H,3-12H2,1-2H3,(H,20,21)/t14-,17+/m0/s1. The Kier molecular flexibility index (Phi) is 4.76. The Morgan fingerprint density at radius 2 is 2.05 bits per heavy atom. The maximum atomic E-state index is 11.8. The molecule has 0 aromatic carbocycles. The Labute approximate surface area is 133 Å². The third-order valence-corrected chi connectivity index (χ3v) is 5.81. The second kappa shape index (κ2) is 6.46. The van der Waals surface area contributed by atoms with Gasteiger partial charge in [-0.3, -0.25) is 9.69 Å². The average Bonchev–Trinajstić information content (AvgIpc) is 2.88. The highest BCUT2D eigenvalue weighted by atomic mass is 16.5. The van der Waals surface area contributed by atoms with Crippen LogP contribution in [0.1, 0.15) is 33.1 Å². The van der Waals surface area contributed by atoms with Crippen molar-refractivity contribution in [3.05, 3.63) is 0 Å². The van der Waals surface area contributed by atoms with Crippen LogP contribution in [0.15, 0.2) is 0 Å². The predicted octanol–water partition coefficient (Wildman–Crippen LogP) is 1.53. The fraction of sp³-hybridized carbons (Fsp3) is 0.941. The van der Waals surface area contributed by atoms with Gasteiger partial charge in [-0.25, -0.2) is 0 Å². The summed E-state index contributed by atoms with van der Waals surface area (Å²) in [7, 11) is 0. The number of hydrogen-bond acceptors (Lipinski definition) is 4. The second-order valence-electron chi connectivity index (χ2n) is 7.85. The average molecular weight is 310 g/mol. The van der Waals surface area contributed by atoms with Gasteiger partial charge in [0.1, 0.15) is 5.41 Å². The number of carboxylic acids is 1. The van der Waals surface area contributed by atoms with E-state index in [9.17, 15) is 9.90 Å². The molecule has 3 heterocycles. The summed E-state index contributed by atoms with van der Waals surface area (Å²) in [5.74, 6) is 0.336. The Morgan fingerprint density at radius 3 is 2.64 bits per heavy atom. The van der Waals surface area contributed by atoms with Gasteiger partial charge in [-0.1, -0.05) is 13.8 Å². The first-order chi connectivity index (χ1) is 10.5. The van der Waals surface area contributed by atoms with E-state index in [-0.39, 0.29) is 5.92 Å². The van der Waals surface area contributed by atoms with Crippen LogP contribution in [0.3, 0.4) is 0 Å². The van der Waals surface area contributed by atoms with Crippen molar-refractivity contribution in [2.24, 2.45) is 17.3 Å². The number of hydrogen-bond donors (Lipinski definition) is 1.